The first-order chi connectivity index (χ1) is 14.4. The summed E-state index contributed by atoms with van der Waals surface area (Å²) in [5, 5.41) is 8.04. The molecule has 30 heavy (non-hydrogen) atoms. The molecule has 0 saturated carbocycles. The van der Waals surface area contributed by atoms with E-state index in [0.717, 1.165) is 28.8 Å². The largest absolute Gasteiger partial charge is 0.341 e. The highest BCUT2D eigenvalue weighted by Gasteiger charge is 2.19. The lowest BCUT2D eigenvalue weighted by molar-refractivity contribution is -0.132. The minimum atomic E-state index is -0.216. The van der Waals surface area contributed by atoms with Crippen LogP contribution in [0, 0.1) is 11.8 Å². The maximum absolute atomic E-state index is 13.2. The Morgan fingerprint density at radius 2 is 1.63 bits per heavy atom. The van der Waals surface area contributed by atoms with Gasteiger partial charge in [0.05, 0.1) is 10.3 Å². The lowest BCUT2D eigenvalue weighted by Crippen LogP contribution is -2.39. The number of hydrogen-bond donors (Lipinski definition) is 0. The van der Waals surface area contributed by atoms with E-state index in [1.807, 2.05) is 46.7 Å². The van der Waals surface area contributed by atoms with Crippen molar-refractivity contribution in [2.75, 3.05) is 13.1 Å². The van der Waals surface area contributed by atoms with Gasteiger partial charge >= 0.3 is 0 Å². The van der Waals surface area contributed by atoms with Crippen molar-refractivity contribution < 1.29 is 4.79 Å². The van der Waals surface area contributed by atoms with Gasteiger partial charge in [0.25, 0.3) is 5.56 Å². The van der Waals surface area contributed by atoms with E-state index >= 15 is 0 Å². The Bertz CT molecular complexity index is 1030. The maximum atomic E-state index is 13.2. The second kappa shape index (κ2) is 10.0. The molecule has 0 saturated heterocycles. The van der Waals surface area contributed by atoms with E-state index in [1.165, 1.54) is 4.68 Å². The number of aromatic nitrogens is 2. The molecule has 0 N–H and O–H groups in total. The minimum absolute atomic E-state index is 0.0295. The van der Waals surface area contributed by atoms with Crippen LogP contribution in [0.3, 0.4) is 0 Å². The molecule has 0 bridgehead atoms. The molecule has 0 unspecified atom stereocenters. The zero-order valence-corrected chi connectivity index (χ0v) is 19.1. The van der Waals surface area contributed by atoms with Crippen LogP contribution in [-0.2, 0) is 11.3 Å². The molecule has 3 aromatic rings. The van der Waals surface area contributed by atoms with Crippen molar-refractivity contribution >= 4 is 28.0 Å². The zero-order chi connectivity index (χ0) is 21.7. The lowest BCUT2D eigenvalue weighted by Gasteiger charge is -2.25. The first-order valence-electron chi connectivity index (χ1n) is 10.7. The summed E-state index contributed by atoms with van der Waals surface area (Å²) in [7, 11) is 0. The van der Waals surface area contributed by atoms with Crippen molar-refractivity contribution in [3.8, 4) is 10.6 Å². The molecule has 1 aromatic carbocycles. The Labute approximate surface area is 182 Å². The first kappa shape index (κ1) is 22.2. The number of rotatable bonds is 9. The first-order valence-corrected chi connectivity index (χ1v) is 11.6. The molecule has 0 aliphatic carbocycles. The zero-order valence-electron chi connectivity index (χ0n) is 18.3. The molecule has 0 atom stereocenters. The SMILES string of the molecule is CC(C)CCN(CCC(C)C)C(=O)Cn1nc(-c2cccs2)c2ccccc2c1=O. The fourth-order valence-corrected chi connectivity index (χ4v) is 4.08. The van der Waals surface area contributed by atoms with Gasteiger partial charge in [-0.25, -0.2) is 4.68 Å². The molecular weight excluding hydrogens is 394 g/mol. The van der Waals surface area contributed by atoms with Crippen LogP contribution < -0.4 is 5.56 Å². The van der Waals surface area contributed by atoms with Gasteiger partial charge in [0.2, 0.25) is 5.91 Å². The summed E-state index contributed by atoms with van der Waals surface area (Å²) in [6.07, 6.45) is 1.90. The average molecular weight is 426 g/mol. The highest BCUT2D eigenvalue weighted by Crippen LogP contribution is 2.28. The second-order valence-electron chi connectivity index (χ2n) is 8.58. The van der Waals surface area contributed by atoms with Gasteiger partial charge in [-0.1, -0.05) is 52.0 Å². The molecular formula is C24H31N3O2S. The van der Waals surface area contributed by atoms with E-state index in [-0.39, 0.29) is 18.0 Å². The Kier molecular flexibility index (Phi) is 7.43. The third-order valence-corrected chi connectivity index (χ3v) is 6.09. The molecule has 2 aromatic heterocycles. The van der Waals surface area contributed by atoms with Crippen LogP contribution >= 0.6 is 11.3 Å². The Balaban J connectivity index is 1.94. The molecule has 0 radical (unpaired) electrons. The van der Waals surface area contributed by atoms with Crippen molar-refractivity contribution in [2.24, 2.45) is 11.8 Å². The van der Waals surface area contributed by atoms with Crippen molar-refractivity contribution in [1.29, 1.82) is 0 Å². The van der Waals surface area contributed by atoms with E-state index in [9.17, 15) is 9.59 Å². The molecule has 160 valence electrons. The number of carbonyl (C=O) groups is 1. The van der Waals surface area contributed by atoms with Crippen molar-refractivity contribution in [3.05, 3.63) is 52.1 Å². The summed E-state index contributed by atoms with van der Waals surface area (Å²) in [6, 6.07) is 11.5. The number of carbonyl (C=O) groups excluding carboxylic acids is 1. The summed E-state index contributed by atoms with van der Waals surface area (Å²) < 4.78 is 1.34. The van der Waals surface area contributed by atoms with Gasteiger partial charge in [-0.15, -0.1) is 11.3 Å². The van der Waals surface area contributed by atoms with E-state index in [1.54, 1.807) is 11.3 Å². The Morgan fingerprint density at radius 3 is 2.20 bits per heavy atom. The smallest absolute Gasteiger partial charge is 0.275 e. The summed E-state index contributed by atoms with van der Waals surface area (Å²) in [5.41, 5.74) is 0.538. The standard InChI is InChI=1S/C24H31N3O2S/c1-17(2)11-13-26(14-12-18(3)4)22(28)16-27-24(29)20-9-6-5-8-19(20)23(25-27)21-10-7-15-30-21/h5-10,15,17-18H,11-14,16H2,1-4H3. The van der Waals surface area contributed by atoms with Gasteiger partial charge in [0.15, 0.2) is 0 Å². The van der Waals surface area contributed by atoms with Gasteiger partial charge in [0.1, 0.15) is 12.2 Å². The molecule has 0 aliphatic rings. The normalized spacial score (nSPS) is 11.5. The van der Waals surface area contributed by atoms with Gasteiger partial charge in [-0.05, 0) is 42.2 Å². The van der Waals surface area contributed by atoms with Crippen LogP contribution in [0.2, 0.25) is 0 Å². The molecule has 0 aliphatic heterocycles. The van der Waals surface area contributed by atoms with Crippen LogP contribution in [0.4, 0.5) is 0 Å². The molecule has 3 rings (SSSR count). The fourth-order valence-electron chi connectivity index (χ4n) is 3.36. The molecule has 1 amide bonds. The predicted octanol–water partition coefficient (Wildman–Crippen LogP) is 5.05. The number of thiophene rings is 1. The molecule has 2 heterocycles. The number of nitrogens with zero attached hydrogens (tertiary/aromatic N) is 3. The molecule has 6 heteroatoms. The number of amides is 1. The van der Waals surface area contributed by atoms with Crippen LogP contribution in [0.15, 0.2) is 46.6 Å². The summed E-state index contributed by atoms with van der Waals surface area (Å²) in [4.78, 5) is 29.1. The van der Waals surface area contributed by atoms with E-state index < -0.39 is 0 Å². The highest BCUT2D eigenvalue weighted by atomic mass is 32.1. The van der Waals surface area contributed by atoms with E-state index in [0.29, 0.717) is 30.3 Å². The maximum Gasteiger partial charge on any atom is 0.275 e. The summed E-state index contributed by atoms with van der Waals surface area (Å²) >= 11 is 1.58. The van der Waals surface area contributed by atoms with Crippen LogP contribution in [0.25, 0.3) is 21.3 Å². The summed E-state index contributed by atoms with van der Waals surface area (Å²) in [6.45, 7) is 10.0. The van der Waals surface area contributed by atoms with Gasteiger partial charge in [-0.3, -0.25) is 9.59 Å². The highest BCUT2D eigenvalue weighted by molar-refractivity contribution is 7.13. The number of benzene rings is 1. The average Bonchev–Trinajstić information content (AvgIpc) is 3.24. The van der Waals surface area contributed by atoms with Crippen molar-refractivity contribution in [2.45, 2.75) is 47.1 Å². The molecule has 0 spiro atoms. The van der Waals surface area contributed by atoms with Crippen molar-refractivity contribution in [1.82, 2.24) is 14.7 Å². The predicted molar refractivity (Wildman–Crippen MR) is 125 cm³/mol. The Hall–Kier alpha value is -2.47. The topological polar surface area (TPSA) is 55.2 Å². The van der Waals surface area contributed by atoms with Gasteiger partial charge in [0, 0.05) is 18.5 Å². The third-order valence-electron chi connectivity index (χ3n) is 5.21. The van der Waals surface area contributed by atoms with E-state index in [2.05, 4.69) is 32.8 Å². The van der Waals surface area contributed by atoms with E-state index in [4.69, 9.17) is 0 Å². The quantitative estimate of drug-likeness (QED) is 0.482. The fraction of sp³-hybridized carbons (Fsp3) is 0.458. The summed E-state index contributed by atoms with van der Waals surface area (Å²) in [5.74, 6) is 0.996. The van der Waals surface area contributed by atoms with Crippen LogP contribution in [0.1, 0.15) is 40.5 Å². The number of hydrogen-bond acceptors (Lipinski definition) is 4. The van der Waals surface area contributed by atoms with Crippen molar-refractivity contribution in [3.63, 3.8) is 0 Å². The number of fused-ring (bicyclic) bond motifs is 1. The molecule has 5 nitrogen and oxygen atoms in total. The third kappa shape index (κ3) is 5.36. The lowest BCUT2D eigenvalue weighted by atomic mass is 10.1. The Morgan fingerprint density at radius 1 is 1.00 bits per heavy atom. The second-order valence-corrected chi connectivity index (χ2v) is 9.53. The van der Waals surface area contributed by atoms with Gasteiger partial charge in [-0.2, -0.15) is 5.10 Å². The van der Waals surface area contributed by atoms with Crippen LogP contribution in [0.5, 0.6) is 0 Å². The van der Waals surface area contributed by atoms with Crippen LogP contribution in [-0.4, -0.2) is 33.7 Å². The monoisotopic (exact) mass is 425 g/mol. The molecule has 0 fully saturated rings. The minimum Gasteiger partial charge on any atom is -0.341 e. The van der Waals surface area contributed by atoms with Gasteiger partial charge < -0.3 is 4.90 Å².